The Kier molecular flexibility index (Phi) is 13.2. The third kappa shape index (κ3) is 10.9. The lowest BCUT2D eigenvalue weighted by atomic mass is 9.98. The Hall–Kier alpha value is -4.68. The first-order valence-electron chi connectivity index (χ1n) is 14.3. The summed E-state index contributed by atoms with van der Waals surface area (Å²) in [5, 5.41) is 8.94. The van der Waals surface area contributed by atoms with Crippen molar-refractivity contribution in [3.05, 3.63) is 83.9 Å². The van der Waals surface area contributed by atoms with Gasteiger partial charge in [-0.05, 0) is 79.4 Å². The molecule has 0 saturated carbocycles. The zero-order chi connectivity index (χ0) is 31.0. The Bertz CT molecular complexity index is 1360. The predicted molar refractivity (Wildman–Crippen MR) is 159 cm³/mol. The van der Waals surface area contributed by atoms with E-state index in [-0.39, 0.29) is 43.6 Å². The SMILES string of the molecule is CCOCCOC(=O)C(C)CCC(C)C(=O)OCCOc1ccc(C(=O)Oc2ccc(-c3ccc(C#N)cc3)cc2)cc1. The maximum absolute atomic E-state index is 12.6. The molecule has 0 aromatic heterocycles. The molecular formula is C34H37NO8. The van der Waals surface area contributed by atoms with Gasteiger partial charge in [-0.1, -0.05) is 38.1 Å². The molecule has 9 heteroatoms. The molecule has 0 spiro atoms. The molecule has 0 bridgehead atoms. The highest BCUT2D eigenvalue weighted by molar-refractivity contribution is 5.91. The molecule has 2 atom stereocenters. The van der Waals surface area contributed by atoms with Crippen molar-refractivity contribution in [3.8, 4) is 28.7 Å². The average Bonchev–Trinajstić information content (AvgIpc) is 3.04. The van der Waals surface area contributed by atoms with Gasteiger partial charge in [0.15, 0.2) is 0 Å². The number of nitrogens with zero attached hydrogens (tertiary/aromatic N) is 1. The summed E-state index contributed by atoms with van der Waals surface area (Å²) >= 11 is 0. The van der Waals surface area contributed by atoms with Gasteiger partial charge in [-0.3, -0.25) is 9.59 Å². The van der Waals surface area contributed by atoms with Crippen LogP contribution in [0.25, 0.3) is 11.1 Å². The molecule has 0 fully saturated rings. The van der Waals surface area contributed by atoms with E-state index in [9.17, 15) is 14.4 Å². The van der Waals surface area contributed by atoms with Crippen LogP contribution >= 0.6 is 0 Å². The minimum atomic E-state index is -0.506. The monoisotopic (exact) mass is 587 g/mol. The van der Waals surface area contributed by atoms with E-state index in [2.05, 4.69) is 6.07 Å². The summed E-state index contributed by atoms with van der Waals surface area (Å²) in [6, 6.07) is 22.9. The summed E-state index contributed by atoms with van der Waals surface area (Å²) in [7, 11) is 0. The van der Waals surface area contributed by atoms with Gasteiger partial charge in [-0.2, -0.15) is 5.26 Å². The summed E-state index contributed by atoms with van der Waals surface area (Å²) in [6.07, 6.45) is 1.01. The molecule has 3 aromatic carbocycles. The molecule has 0 aliphatic rings. The third-order valence-electron chi connectivity index (χ3n) is 6.61. The zero-order valence-electron chi connectivity index (χ0n) is 24.7. The van der Waals surface area contributed by atoms with Crippen molar-refractivity contribution in [1.29, 1.82) is 5.26 Å². The quantitative estimate of drug-likeness (QED) is 0.113. The molecule has 0 saturated heterocycles. The van der Waals surface area contributed by atoms with Crippen molar-refractivity contribution in [2.75, 3.05) is 33.0 Å². The first kappa shape index (κ1) is 32.8. The summed E-state index contributed by atoms with van der Waals surface area (Å²) in [5.74, 6) is -0.924. The molecular weight excluding hydrogens is 550 g/mol. The minimum absolute atomic E-state index is 0.0699. The number of esters is 3. The van der Waals surface area contributed by atoms with Crippen molar-refractivity contribution in [2.45, 2.75) is 33.6 Å². The van der Waals surface area contributed by atoms with E-state index >= 15 is 0 Å². The van der Waals surface area contributed by atoms with Crippen molar-refractivity contribution in [2.24, 2.45) is 11.8 Å². The number of nitriles is 1. The Morgan fingerprint density at radius 1 is 0.698 bits per heavy atom. The fourth-order valence-electron chi connectivity index (χ4n) is 3.97. The number of hydrogen-bond acceptors (Lipinski definition) is 9. The molecule has 3 rings (SSSR count). The lowest BCUT2D eigenvalue weighted by molar-refractivity contribution is -0.152. The Morgan fingerprint density at radius 3 is 1.74 bits per heavy atom. The van der Waals surface area contributed by atoms with Crippen LogP contribution in [-0.4, -0.2) is 50.9 Å². The van der Waals surface area contributed by atoms with E-state index in [0.29, 0.717) is 48.7 Å². The number of hydrogen-bond donors (Lipinski definition) is 0. The van der Waals surface area contributed by atoms with E-state index in [1.165, 1.54) is 0 Å². The van der Waals surface area contributed by atoms with Crippen LogP contribution in [-0.2, 0) is 23.8 Å². The summed E-state index contributed by atoms with van der Waals surface area (Å²) in [6.45, 7) is 6.79. The molecule has 0 aliphatic heterocycles. The molecule has 0 N–H and O–H groups in total. The molecule has 0 heterocycles. The maximum Gasteiger partial charge on any atom is 0.343 e. The number of carbonyl (C=O) groups is 3. The first-order valence-corrected chi connectivity index (χ1v) is 14.3. The average molecular weight is 588 g/mol. The molecule has 226 valence electrons. The fourth-order valence-corrected chi connectivity index (χ4v) is 3.97. The third-order valence-corrected chi connectivity index (χ3v) is 6.61. The summed E-state index contributed by atoms with van der Waals surface area (Å²) in [4.78, 5) is 36.9. The van der Waals surface area contributed by atoms with Gasteiger partial charge in [0.1, 0.15) is 31.3 Å². The first-order chi connectivity index (χ1) is 20.8. The van der Waals surface area contributed by atoms with E-state index in [4.69, 9.17) is 28.9 Å². The molecule has 9 nitrogen and oxygen atoms in total. The van der Waals surface area contributed by atoms with Gasteiger partial charge in [0.25, 0.3) is 0 Å². The van der Waals surface area contributed by atoms with Crippen LogP contribution in [0.4, 0.5) is 0 Å². The fraction of sp³-hybridized carbons (Fsp3) is 0.353. The number of ether oxygens (including phenoxy) is 5. The number of benzene rings is 3. The molecule has 3 aromatic rings. The highest BCUT2D eigenvalue weighted by atomic mass is 16.6. The topological polar surface area (TPSA) is 121 Å². The van der Waals surface area contributed by atoms with Crippen molar-refractivity contribution in [1.82, 2.24) is 0 Å². The van der Waals surface area contributed by atoms with Crippen LogP contribution in [0.3, 0.4) is 0 Å². The molecule has 0 radical (unpaired) electrons. The highest BCUT2D eigenvalue weighted by Crippen LogP contribution is 2.24. The molecule has 0 aliphatic carbocycles. The van der Waals surface area contributed by atoms with Gasteiger partial charge >= 0.3 is 17.9 Å². The smallest absolute Gasteiger partial charge is 0.343 e. The Labute approximate surface area is 252 Å². The summed E-state index contributed by atoms with van der Waals surface area (Å²) in [5.41, 5.74) is 2.84. The lowest BCUT2D eigenvalue weighted by Gasteiger charge is -2.15. The van der Waals surface area contributed by atoms with Gasteiger partial charge in [0, 0.05) is 6.61 Å². The number of rotatable bonds is 16. The van der Waals surface area contributed by atoms with Gasteiger partial charge in [0.2, 0.25) is 0 Å². The largest absolute Gasteiger partial charge is 0.490 e. The van der Waals surface area contributed by atoms with Crippen molar-refractivity contribution in [3.63, 3.8) is 0 Å². The predicted octanol–water partition coefficient (Wildman–Crippen LogP) is 6.00. The van der Waals surface area contributed by atoms with Gasteiger partial charge in [-0.15, -0.1) is 0 Å². The second kappa shape index (κ2) is 17.3. The number of carbonyl (C=O) groups excluding carboxylic acids is 3. The lowest BCUT2D eigenvalue weighted by Crippen LogP contribution is -2.21. The molecule has 0 amide bonds. The zero-order valence-corrected chi connectivity index (χ0v) is 24.7. The maximum atomic E-state index is 12.6. The van der Waals surface area contributed by atoms with Crippen LogP contribution < -0.4 is 9.47 Å². The van der Waals surface area contributed by atoms with Crippen LogP contribution in [0.2, 0.25) is 0 Å². The van der Waals surface area contributed by atoms with Crippen molar-refractivity contribution < 1.29 is 38.1 Å². The molecule has 43 heavy (non-hydrogen) atoms. The van der Waals surface area contributed by atoms with Crippen LogP contribution in [0.15, 0.2) is 72.8 Å². The van der Waals surface area contributed by atoms with Gasteiger partial charge < -0.3 is 23.7 Å². The van der Waals surface area contributed by atoms with Gasteiger partial charge in [0.05, 0.1) is 35.6 Å². The van der Waals surface area contributed by atoms with Gasteiger partial charge in [-0.25, -0.2) is 4.79 Å². The summed E-state index contributed by atoms with van der Waals surface area (Å²) < 4.78 is 26.7. The molecule has 2 unspecified atom stereocenters. The van der Waals surface area contributed by atoms with Crippen LogP contribution in [0, 0.1) is 23.2 Å². The minimum Gasteiger partial charge on any atom is -0.490 e. The van der Waals surface area contributed by atoms with E-state index in [1.54, 1.807) is 62.4 Å². The normalized spacial score (nSPS) is 12.0. The van der Waals surface area contributed by atoms with E-state index in [0.717, 1.165) is 11.1 Å². The van der Waals surface area contributed by atoms with Crippen LogP contribution in [0.1, 0.15) is 49.5 Å². The second-order valence-corrected chi connectivity index (χ2v) is 9.89. The Balaban J connectivity index is 1.35. The highest BCUT2D eigenvalue weighted by Gasteiger charge is 2.20. The Morgan fingerprint density at radius 2 is 1.21 bits per heavy atom. The van der Waals surface area contributed by atoms with Crippen LogP contribution in [0.5, 0.6) is 11.5 Å². The van der Waals surface area contributed by atoms with E-state index < -0.39 is 5.97 Å². The standard InChI is InChI=1S/C34H37NO8/c1-4-39-19-20-41-32(36)24(2)5-6-25(3)33(37)42-22-21-40-30-15-13-29(14-16-30)34(38)43-31-17-11-28(12-18-31)27-9-7-26(23-35)8-10-27/h7-18,24-25H,4-6,19-22H2,1-3H3. The second-order valence-electron chi connectivity index (χ2n) is 9.89. The van der Waals surface area contributed by atoms with Crippen molar-refractivity contribution >= 4 is 17.9 Å². The van der Waals surface area contributed by atoms with E-state index in [1.807, 2.05) is 31.2 Å².